The summed E-state index contributed by atoms with van der Waals surface area (Å²) in [5.41, 5.74) is -1.20. The zero-order valence-corrected chi connectivity index (χ0v) is 28.4. The molecule has 1 aromatic heterocycles. The average Bonchev–Trinajstić information content (AvgIpc) is 2.91. The van der Waals surface area contributed by atoms with Gasteiger partial charge in [-0.3, -0.25) is 14.6 Å². The normalized spacial score (nSPS) is 19.7. The summed E-state index contributed by atoms with van der Waals surface area (Å²) in [6.45, 7) is 1.79. The first-order chi connectivity index (χ1) is 19.4. The molecule has 0 spiro atoms. The van der Waals surface area contributed by atoms with Gasteiger partial charge in [0, 0.05) is 33.9 Å². The lowest BCUT2D eigenvalue weighted by Crippen LogP contribution is -2.46. The van der Waals surface area contributed by atoms with Gasteiger partial charge >= 0.3 is 12.0 Å². The first-order valence-corrected chi connectivity index (χ1v) is 17.5. The molecule has 14 heteroatoms. The molecule has 5 unspecified atom stereocenters. The van der Waals surface area contributed by atoms with Crippen molar-refractivity contribution in [2.45, 2.75) is 62.4 Å². The molecular weight excluding hydrogens is 699 g/mol. The Balaban J connectivity index is 1.72. The van der Waals surface area contributed by atoms with Gasteiger partial charge in [0.1, 0.15) is 5.75 Å². The minimum absolute atomic E-state index is 0.103. The third kappa shape index (κ3) is 10.5. The van der Waals surface area contributed by atoms with Gasteiger partial charge in [-0.1, -0.05) is 41.4 Å². The predicted octanol–water partition coefficient (Wildman–Crippen LogP) is 3.83. The Bertz CT molecular complexity index is 1240. The summed E-state index contributed by atoms with van der Waals surface area (Å²) in [4.78, 5) is 40.8. The molecule has 224 valence electrons. The van der Waals surface area contributed by atoms with Crippen molar-refractivity contribution in [3.63, 3.8) is 0 Å². The van der Waals surface area contributed by atoms with E-state index in [4.69, 9.17) is 9.84 Å². The molecule has 9 nitrogen and oxygen atoms in total. The fraction of sp³-hybridized carbons (Fsp3) is 0.444. The number of carbonyl (C=O) groups excluding carboxylic acids is 2. The number of carbonyl (C=O) groups is 3. The van der Waals surface area contributed by atoms with Crippen molar-refractivity contribution in [3.05, 3.63) is 51.4 Å². The van der Waals surface area contributed by atoms with Gasteiger partial charge in [0.15, 0.2) is 0 Å². The van der Waals surface area contributed by atoms with E-state index in [1.165, 1.54) is 0 Å². The van der Waals surface area contributed by atoms with E-state index in [9.17, 15) is 18.8 Å². The SMILES string of the molecule is C=Ic1ccc([C@@H](NC(=O)NC2CCC(C(=O)NCCC(=O)O)CC2)c2cc(P)cc(OC(F)(P)C(C)P)c2)nc1. The number of carboxylic acids is 1. The number of urea groups is 1. The van der Waals surface area contributed by atoms with Crippen molar-refractivity contribution in [2.75, 3.05) is 6.54 Å². The van der Waals surface area contributed by atoms with Crippen molar-refractivity contribution in [2.24, 2.45) is 5.92 Å². The number of hydrogen-bond donors (Lipinski definition) is 4. The van der Waals surface area contributed by atoms with Gasteiger partial charge in [-0.2, -0.15) is 4.39 Å². The Morgan fingerprint density at radius 3 is 2.54 bits per heavy atom. The average molecular weight is 736 g/mol. The molecule has 41 heavy (non-hydrogen) atoms. The van der Waals surface area contributed by atoms with Crippen molar-refractivity contribution in [1.29, 1.82) is 0 Å². The molecule has 1 saturated carbocycles. The molecule has 1 heterocycles. The number of carboxylic acid groups (broad SMARTS) is 1. The molecule has 6 atom stereocenters. The first-order valence-electron chi connectivity index (χ1n) is 13.1. The van der Waals surface area contributed by atoms with Gasteiger partial charge in [-0.15, -0.1) is 18.5 Å². The lowest BCUT2D eigenvalue weighted by Gasteiger charge is -2.29. The Morgan fingerprint density at radius 2 is 1.95 bits per heavy atom. The molecule has 1 fully saturated rings. The van der Waals surface area contributed by atoms with E-state index in [0.717, 1.165) is 8.87 Å². The van der Waals surface area contributed by atoms with Crippen LogP contribution in [0.5, 0.6) is 5.75 Å². The lowest BCUT2D eigenvalue weighted by atomic mass is 9.85. The second kappa shape index (κ2) is 15.6. The molecule has 0 bridgehead atoms. The van der Waals surface area contributed by atoms with Crippen LogP contribution in [0.4, 0.5) is 9.18 Å². The van der Waals surface area contributed by atoms with Crippen LogP contribution in [0.1, 0.15) is 56.3 Å². The maximum Gasteiger partial charge on any atom is 0.315 e. The third-order valence-electron chi connectivity index (χ3n) is 6.73. The van der Waals surface area contributed by atoms with Gasteiger partial charge in [0.05, 0.1) is 18.2 Å². The third-order valence-corrected chi connectivity index (χ3v) is 10.1. The van der Waals surface area contributed by atoms with E-state index in [2.05, 4.69) is 53.2 Å². The monoisotopic (exact) mass is 736 g/mol. The van der Waals surface area contributed by atoms with Crippen LogP contribution < -0.4 is 26.0 Å². The highest BCUT2D eigenvalue weighted by Gasteiger charge is 2.31. The number of benzene rings is 1. The highest BCUT2D eigenvalue weighted by molar-refractivity contribution is 14.2. The Morgan fingerprint density at radius 1 is 1.24 bits per heavy atom. The summed E-state index contributed by atoms with van der Waals surface area (Å²) in [7, 11) is 7.08. The number of ether oxygens (including phenoxy) is 1. The smallest absolute Gasteiger partial charge is 0.315 e. The second-order valence-corrected chi connectivity index (χ2v) is 14.5. The highest BCUT2D eigenvalue weighted by atomic mass is 127. The van der Waals surface area contributed by atoms with Gasteiger partial charge in [0.2, 0.25) is 5.91 Å². The summed E-state index contributed by atoms with van der Waals surface area (Å²) in [6.07, 6.45) is 4.07. The summed E-state index contributed by atoms with van der Waals surface area (Å²) in [5.74, 6) is -1.00. The van der Waals surface area contributed by atoms with Crippen molar-refractivity contribution >= 4 is 76.2 Å². The summed E-state index contributed by atoms with van der Waals surface area (Å²) in [6, 6.07) is 7.93. The Hall–Kier alpha value is -1.80. The standard InChI is InChI=1S/C27H37FIN4O5P3/c1-15(39)27(28,41)38-20-11-17(12-21(40)13-20)24(22-8-5-18(29-2)14-31-22)33-26(37)32-19-6-3-16(4-7-19)25(36)30-10-9-23(34)35/h5,8,11-16,19,24H,2-4,6-7,9-10,39-41H2,1H3,(H,30,36)(H,34,35)(H2,32,33,37)/t15?,16?,19?,24-,27?/m0/s1. The van der Waals surface area contributed by atoms with Gasteiger partial charge in [-0.25, -0.2) is 4.79 Å². The zero-order chi connectivity index (χ0) is 30.2. The van der Waals surface area contributed by atoms with Gasteiger partial charge < -0.3 is 25.8 Å². The molecule has 3 rings (SSSR count). The minimum Gasteiger partial charge on any atom is -0.481 e. The number of aromatic nitrogens is 1. The minimum atomic E-state index is -2.00. The number of alkyl halides is 1. The molecule has 2 aromatic rings. The zero-order valence-electron chi connectivity index (χ0n) is 22.7. The number of nitrogens with one attached hydrogen (secondary N) is 3. The van der Waals surface area contributed by atoms with Crippen molar-refractivity contribution in [1.82, 2.24) is 20.9 Å². The van der Waals surface area contributed by atoms with Crippen LogP contribution in [0, 0.1) is 9.49 Å². The largest absolute Gasteiger partial charge is 0.481 e. The van der Waals surface area contributed by atoms with Crippen LogP contribution in [-0.4, -0.2) is 56.4 Å². The fourth-order valence-corrected chi connectivity index (χ4v) is 5.74. The number of amides is 3. The second-order valence-electron chi connectivity index (χ2n) is 9.99. The van der Waals surface area contributed by atoms with E-state index >= 15 is 0 Å². The molecule has 4 N–H and O–H groups in total. The van der Waals surface area contributed by atoms with E-state index < -0.39 is 44.0 Å². The van der Waals surface area contributed by atoms with E-state index in [-0.39, 0.29) is 36.9 Å². The number of rotatable bonds is 12. The molecule has 1 aliphatic rings. The molecule has 3 amide bonds. The predicted molar refractivity (Wildman–Crippen MR) is 178 cm³/mol. The molecular formula is C27H37FIN4O5P3. The molecule has 0 radical (unpaired) electrons. The highest BCUT2D eigenvalue weighted by Crippen LogP contribution is 2.34. The molecule has 0 aliphatic heterocycles. The summed E-state index contributed by atoms with van der Waals surface area (Å²) in [5, 5.41) is 18.2. The van der Waals surface area contributed by atoms with Crippen LogP contribution >= 0.6 is 48.5 Å². The topological polar surface area (TPSA) is 130 Å². The van der Waals surface area contributed by atoms with E-state index in [0.29, 0.717) is 42.7 Å². The van der Waals surface area contributed by atoms with Crippen LogP contribution in [-0.2, 0) is 9.59 Å². The number of aliphatic carboxylic acids is 1. The van der Waals surface area contributed by atoms with Crippen LogP contribution in [0.3, 0.4) is 0 Å². The Labute approximate surface area is 256 Å². The van der Waals surface area contributed by atoms with E-state index in [1.54, 1.807) is 25.3 Å². The summed E-state index contributed by atoms with van der Waals surface area (Å²) < 4.78 is 25.7. The quantitative estimate of drug-likeness (QED) is 0.194. The lowest BCUT2D eigenvalue weighted by molar-refractivity contribution is -0.137. The van der Waals surface area contributed by atoms with E-state index in [1.807, 2.05) is 18.2 Å². The number of halogens is 2. The number of nitrogens with zero attached hydrogens (tertiary/aromatic N) is 1. The van der Waals surface area contributed by atoms with Crippen molar-refractivity contribution in [3.8, 4) is 5.75 Å². The van der Waals surface area contributed by atoms with Crippen LogP contribution in [0.25, 0.3) is 0 Å². The molecule has 0 saturated heterocycles. The summed E-state index contributed by atoms with van der Waals surface area (Å²) >= 11 is -0.393. The van der Waals surface area contributed by atoms with Crippen molar-refractivity contribution < 1.29 is 28.6 Å². The maximum absolute atomic E-state index is 15.0. The van der Waals surface area contributed by atoms with Crippen LogP contribution in [0.2, 0.25) is 0 Å². The maximum atomic E-state index is 15.0. The fourth-order valence-electron chi connectivity index (χ4n) is 4.41. The molecule has 1 aliphatic carbocycles. The van der Waals surface area contributed by atoms with Gasteiger partial charge in [-0.05, 0) is 66.9 Å². The Kier molecular flexibility index (Phi) is 12.8. The number of hydrogen-bond acceptors (Lipinski definition) is 5. The first kappa shape index (κ1) is 33.7. The van der Waals surface area contributed by atoms with Gasteiger partial charge in [0.25, 0.3) is 5.60 Å². The molecule has 1 aromatic carbocycles. The van der Waals surface area contributed by atoms with Crippen LogP contribution in [0.15, 0.2) is 36.5 Å². The number of pyridine rings is 1.